The lowest BCUT2D eigenvalue weighted by Gasteiger charge is -2.12. The Morgan fingerprint density at radius 3 is 2.62 bits per heavy atom. The molecule has 1 N–H and O–H groups in total. The molecule has 3 rings (SSSR count). The standard InChI is InChI=1S/C20H17ClF2N2O3S/c1-11-15(4-3-5-16(11)28-20(22)23)25-19(26)18-12(2)24-17(29-18)10-27-14-8-6-13(21)7-9-14/h3-9,20H,10H2,1-2H3,(H,25,26). The van der Waals surface area contributed by atoms with Gasteiger partial charge < -0.3 is 14.8 Å². The molecule has 3 aromatic rings. The largest absolute Gasteiger partial charge is 0.486 e. The summed E-state index contributed by atoms with van der Waals surface area (Å²) in [6, 6.07) is 11.5. The number of thiazole rings is 1. The summed E-state index contributed by atoms with van der Waals surface area (Å²) < 4.78 is 35.1. The molecule has 0 saturated carbocycles. The highest BCUT2D eigenvalue weighted by Gasteiger charge is 2.18. The van der Waals surface area contributed by atoms with E-state index in [-0.39, 0.29) is 18.3 Å². The molecule has 1 amide bonds. The van der Waals surface area contributed by atoms with Gasteiger partial charge in [0.25, 0.3) is 5.91 Å². The van der Waals surface area contributed by atoms with Crippen LogP contribution < -0.4 is 14.8 Å². The van der Waals surface area contributed by atoms with Gasteiger partial charge in [0.1, 0.15) is 28.0 Å². The molecule has 5 nitrogen and oxygen atoms in total. The van der Waals surface area contributed by atoms with Crippen molar-refractivity contribution in [1.29, 1.82) is 0 Å². The first-order valence-electron chi connectivity index (χ1n) is 8.54. The van der Waals surface area contributed by atoms with Crippen LogP contribution in [0.5, 0.6) is 11.5 Å². The Kier molecular flexibility index (Phi) is 6.66. The summed E-state index contributed by atoms with van der Waals surface area (Å²) in [5.41, 5.74) is 1.36. The summed E-state index contributed by atoms with van der Waals surface area (Å²) >= 11 is 7.05. The zero-order chi connectivity index (χ0) is 21.0. The van der Waals surface area contributed by atoms with Crippen molar-refractivity contribution >= 4 is 34.5 Å². The second-order valence-corrected chi connectivity index (χ2v) is 7.55. The number of nitrogens with zero attached hydrogens (tertiary/aromatic N) is 1. The van der Waals surface area contributed by atoms with E-state index in [0.29, 0.717) is 37.6 Å². The Bertz CT molecular complexity index is 1010. The molecule has 2 aromatic carbocycles. The first kappa shape index (κ1) is 21.0. The van der Waals surface area contributed by atoms with Crippen LogP contribution in [-0.2, 0) is 6.61 Å². The van der Waals surface area contributed by atoms with E-state index in [2.05, 4.69) is 15.0 Å². The monoisotopic (exact) mass is 438 g/mol. The fraction of sp³-hybridized carbons (Fsp3) is 0.200. The number of carbonyl (C=O) groups excluding carboxylic acids is 1. The van der Waals surface area contributed by atoms with Crippen LogP contribution in [0.4, 0.5) is 14.5 Å². The predicted molar refractivity (Wildman–Crippen MR) is 108 cm³/mol. The normalized spacial score (nSPS) is 10.8. The van der Waals surface area contributed by atoms with Gasteiger partial charge in [-0.2, -0.15) is 8.78 Å². The average Bonchev–Trinajstić information content (AvgIpc) is 3.05. The Labute approximate surface area is 175 Å². The smallest absolute Gasteiger partial charge is 0.387 e. The Hall–Kier alpha value is -2.71. The van der Waals surface area contributed by atoms with Crippen molar-refractivity contribution in [3.8, 4) is 11.5 Å². The van der Waals surface area contributed by atoms with E-state index >= 15 is 0 Å². The predicted octanol–water partition coefficient (Wildman–Crippen LogP) is 5.85. The highest BCUT2D eigenvalue weighted by atomic mass is 35.5. The zero-order valence-electron chi connectivity index (χ0n) is 15.5. The lowest BCUT2D eigenvalue weighted by molar-refractivity contribution is -0.0502. The van der Waals surface area contributed by atoms with Gasteiger partial charge in [-0.3, -0.25) is 4.79 Å². The van der Waals surface area contributed by atoms with Crippen LogP contribution in [0.3, 0.4) is 0 Å². The first-order chi connectivity index (χ1) is 13.8. The number of carbonyl (C=O) groups is 1. The van der Waals surface area contributed by atoms with Gasteiger partial charge in [-0.1, -0.05) is 17.7 Å². The van der Waals surface area contributed by atoms with Crippen molar-refractivity contribution in [1.82, 2.24) is 4.98 Å². The summed E-state index contributed by atoms with van der Waals surface area (Å²) in [5.74, 6) is 0.269. The van der Waals surface area contributed by atoms with Gasteiger partial charge in [-0.15, -0.1) is 11.3 Å². The number of aromatic nitrogens is 1. The maximum atomic E-state index is 12.7. The van der Waals surface area contributed by atoms with E-state index in [1.54, 1.807) is 44.2 Å². The van der Waals surface area contributed by atoms with Gasteiger partial charge in [0.2, 0.25) is 0 Å². The van der Waals surface area contributed by atoms with Crippen molar-refractivity contribution in [2.75, 3.05) is 5.32 Å². The van der Waals surface area contributed by atoms with Crippen LogP contribution in [0.15, 0.2) is 42.5 Å². The Balaban J connectivity index is 1.69. The van der Waals surface area contributed by atoms with E-state index in [4.69, 9.17) is 16.3 Å². The average molecular weight is 439 g/mol. The number of alkyl halides is 2. The lowest BCUT2D eigenvalue weighted by Crippen LogP contribution is -2.13. The second kappa shape index (κ2) is 9.19. The van der Waals surface area contributed by atoms with Crippen molar-refractivity contribution in [2.24, 2.45) is 0 Å². The van der Waals surface area contributed by atoms with Gasteiger partial charge in [0.15, 0.2) is 0 Å². The molecule has 0 bridgehead atoms. The minimum atomic E-state index is -2.94. The minimum Gasteiger partial charge on any atom is -0.486 e. The second-order valence-electron chi connectivity index (χ2n) is 6.03. The molecule has 1 aromatic heterocycles. The molecule has 0 unspecified atom stereocenters. The van der Waals surface area contributed by atoms with Crippen LogP contribution in [0.1, 0.15) is 25.9 Å². The van der Waals surface area contributed by atoms with Gasteiger partial charge in [-0.05, 0) is 50.2 Å². The highest BCUT2D eigenvalue weighted by Crippen LogP contribution is 2.28. The van der Waals surface area contributed by atoms with Crippen molar-refractivity contribution < 1.29 is 23.0 Å². The van der Waals surface area contributed by atoms with E-state index in [9.17, 15) is 13.6 Å². The molecule has 0 aliphatic rings. The van der Waals surface area contributed by atoms with Crippen molar-refractivity contribution in [3.63, 3.8) is 0 Å². The summed E-state index contributed by atoms with van der Waals surface area (Å²) in [6.07, 6.45) is 0. The number of hydrogen-bond acceptors (Lipinski definition) is 5. The van der Waals surface area contributed by atoms with Crippen LogP contribution in [0.25, 0.3) is 0 Å². The number of benzene rings is 2. The third kappa shape index (κ3) is 5.42. The Morgan fingerprint density at radius 2 is 1.93 bits per heavy atom. The van der Waals surface area contributed by atoms with Crippen LogP contribution in [0.2, 0.25) is 5.02 Å². The molecule has 0 aliphatic heterocycles. The summed E-state index contributed by atoms with van der Waals surface area (Å²) in [5, 5.41) is 3.97. The molecule has 9 heteroatoms. The van der Waals surface area contributed by atoms with Gasteiger partial charge in [-0.25, -0.2) is 4.98 Å². The Morgan fingerprint density at radius 1 is 1.21 bits per heavy atom. The van der Waals surface area contributed by atoms with E-state index in [1.807, 2.05) is 0 Å². The molecule has 29 heavy (non-hydrogen) atoms. The first-order valence-corrected chi connectivity index (χ1v) is 9.73. The van der Waals surface area contributed by atoms with E-state index < -0.39 is 6.61 Å². The van der Waals surface area contributed by atoms with Crippen LogP contribution >= 0.6 is 22.9 Å². The number of halogens is 3. The summed E-state index contributed by atoms with van der Waals surface area (Å²) in [6.45, 7) is 0.585. The zero-order valence-corrected chi connectivity index (χ0v) is 17.1. The topological polar surface area (TPSA) is 60.5 Å². The molecular formula is C20H17ClF2N2O3S. The third-order valence-electron chi connectivity index (χ3n) is 3.97. The molecule has 0 atom stereocenters. The molecule has 0 saturated heterocycles. The fourth-order valence-electron chi connectivity index (χ4n) is 2.55. The number of rotatable bonds is 7. The van der Waals surface area contributed by atoms with E-state index in [1.165, 1.54) is 23.5 Å². The number of hydrogen-bond donors (Lipinski definition) is 1. The van der Waals surface area contributed by atoms with Crippen LogP contribution in [-0.4, -0.2) is 17.5 Å². The van der Waals surface area contributed by atoms with Crippen molar-refractivity contribution in [3.05, 3.63) is 68.6 Å². The van der Waals surface area contributed by atoms with Crippen molar-refractivity contribution in [2.45, 2.75) is 27.1 Å². The molecule has 0 radical (unpaired) electrons. The van der Waals surface area contributed by atoms with Crippen LogP contribution in [0, 0.1) is 13.8 Å². The van der Waals surface area contributed by atoms with E-state index in [0.717, 1.165) is 0 Å². The molecule has 0 fully saturated rings. The third-order valence-corrected chi connectivity index (χ3v) is 5.35. The molecule has 0 aliphatic carbocycles. The number of anilines is 1. The fourth-order valence-corrected chi connectivity index (χ4v) is 3.55. The maximum absolute atomic E-state index is 12.7. The minimum absolute atomic E-state index is 0.0101. The molecular weight excluding hydrogens is 422 g/mol. The number of ether oxygens (including phenoxy) is 2. The molecule has 152 valence electrons. The number of nitrogens with one attached hydrogen (secondary N) is 1. The van der Waals surface area contributed by atoms with Gasteiger partial charge >= 0.3 is 6.61 Å². The molecule has 1 heterocycles. The number of amides is 1. The van der Waals surface area contributed by atoms with Gasteiger partial charge in [0, 0.05) is 16.3 Å². The summed E-state index contributed by atoms with van der Waals surface area (Å²) in [7, 11) is 0. The maximum Gasteiger partial charge on any atom is 0.387 e. The van der Waals surface area contributed by atoms with Gasteiger partial charge in [0.05, 0.1) is 5.69 Å². The quantitative estimate of drug-likeness (QED) is 0.503. The summed E-state index contributed by atoms with van der Waals surface area (Å²) in [4.78, 5) is 17.4. The molecule has 0 spiro atoms. The highest BCUT2D eigenvalue weighted by molar-refractivity contribution is 7.13. The lowest BCUT2D eigenvalue weighted by atomic mass is 10.1. The number of aryl methyl sites for hydroxylation is 1. The SMILES string of the molecule is Cc1nc(COc2ccc(Cl)cc2)sc1C(=O)Nc1cccc(OC(F)F)c1C.